The molecular weight excluding hydrogens is 673 g/mol. The lowest BCUT2D eigenvalue weighted by Gasteiger charge is -2.34. The van der Waals surface area contributed by atoms with E-state index in [1.165, 1.54) is 48.4 Å². The molecule has 46 heavy (non-hydrogen) atoms. The third kappa shape index (κ3) is 8.95. The van der Waals surface area contributed by atoms with Gasteiger partial charge in [0.1, 0.15) is 24.2 Å². The van der Waals surface area contributed by atoms with Gasteiger partial charge in [0.05, 0.1) is 17.7 Å². The molecule has 4 aromatic carbocycles. The maximum absolute atomic E-state index is 14.5. The fourth-order valence-corrected chi connectivity index (χ4v) is 6.47. The number of nitrogens with one attached hydrogen (secondary N) is 1. The molecule has 11 heteroatoms. The summed E-state index contributed by atoms with van der Waals surface area (Å²) in [5, 5.41) is 3.01. The van der Waals surface area contributed by atoms with Crippen molar-refractivity contribution in [2.45, 2.75) is 50.2 Å². The lowest BCUT2D eigenvalue weighted by molar-refractivity contribution is -0.140. The van der Waals surface area contributed by atoms with E-state index >= 15 is 0 Å². The van der Waals surface area contributed by atoms with Crippen LogP contribution in [0.15, 0.2) is 112 Å². The van der Waals surface area contributed by atoms with E-state index in [2.05, 4.69) is 21.2 Å². The fraction of sp³-hybridized carbons (Fsp3) is 0.257. The van der Waals surface area contributed by atoms with Crippen molar-refractivity contribution in [3.05, 3.63) is 125 Å². The molecule has 0 aromatic heterocycles. The van der Waals surface area contributed by atoms with Crippen LogP contribution in [0.1, 0.15) is 31.4 Å². The van der Waals surface area contributed by atoms with Crippen LogP contribution >= 0.6 is 15.9 Å². The number of anilines is 1. The smallest absolute Gasteiger partial charge is 0.264 e. The van der Waals surface area contributed by atoms with Crippen molar-refractivity contribution < 1.29 is 27.1 Å². The second-order valence-electron chi connectivity index (χ2n) is 10.8. The number of hydrogen-bond acceptors (Lipinski definition) is 5. The average molecular weight is 711 g/mol. The SMILES string of the molecule is CCC(C)NC(=O)C(Cc1ccccc1)N(Cc1ccc(Br)cc1)C(=O)CN(c1ccc(F)cc1)S(=O)(=O)c1ccc(OC)cc1. The van der Waals surface area contributed by atoms with Crippen molar-refractivity contribution in [3.8, 4) is 5.75 Å². The first-order chi connectivity index (χ1) is 22.0. The first kappa shape index (κ1) is 34.6. The molecule has 0 saturated heterocycles. The molecule has 1 N–H and O–H groups in total. The zero-order chi connectivity index (χ0) is 33.3. The summed E-state index contributed by atoms with van der Waals surface area (Å²) in [5.74, 6) is -1.06. The van der Waals surface area contributed by atoms with Gasteiger partial charge in [0, 0.05) is 23.5 Å². The molecular formula is C35H37BrFN3O5S. The van der Waals surface area contributed by atoms with E-state index in [1.807, 2.05) is 68.4 Å². The van der Waals surface area contributed by atoms with Crippen molar-refractivity contribution >= 4 is 43.5 Å². The summed E-state index contributed by atoms with van der Waals surface area (Å²) in [6.45, 7) is 3.23. The van der Waals surface area contributed by atoms with Gasteiger partial charge in [-0.25, -0.2) is 12.8 Å². The number of halogens is 2. The van der Waals surface area contributed by atoms with Crippen LogP contribution in [0.4, 0.5) is 10.1 Å². The van der Waals surface area contributed by atoms with Gasteiger partial charge in [-0.3, -0.25) is 13.9 Å². The van der Waals surface area contributed by atoms with Crippen molar-refractivity contribution in [2.75, 3.05) is 18.0 Å². The molecule has 0 fully saturated rings. The van der Waals surface area contributed by atoms with E-state index in [4.69, 9.17) is 4.74 Å². The van der Waals surface area contributed by atoms with Crippen molar-refractivity contribution in [2.24, 2.45) is 0 Å². The molecule has 242 valence electrons. The summed E-state index contributed by atoms with van der Waals surface area (Å²) in [6.07, 6.45) is 0.885. The largest absolute Gasteiger partial charge is 0.497 e. The average Bonchev–Trinajstić information content (AvgIpc) is 3.06. The second-order valence-corrected chi connectivity index (χ2v) is 13.6. The summed E-state index contributed by atoms with van der Waals surface area (Å²) in [5.41, 5.74) is 1.68. The summed E-state index contributed by atoms with van der Waals surface area (Å²) < 4.78 is 49.1. The molecule has 2 atom stereocenters. The number of ether oxygens (including phenoxy) is 1. The Morgan fingerprint density at radius 2 is 1.52 bits per heavy atom. The van der Waals surface area contributed by atoms with E-state index in [9.17, 15) is 22.4 Å². The van der Waals surface area contributed by atoms with E-state index in [-0.39, 0.29) is 35.5 Å². The van der Waals surface area contributed by atoms with Crippen LogP contribution in [-0.2, 0) is 32.6 Å². The zero-order valence-corrected chi connectivity index (χ0v) is 28.3. The summed E-state index contributed by atoms with van der Waals surface area (Å²) >= 11 is 3.44. The third-order valence-corrected chi connectivity index (χ3v) is 9.90. The van der Waals surface area contributed by atoms with Crippen LogP contribution in [0.3, 0.4) is 0 Å². The van der Waals surface area contributed by atoms with Gasteiger partial charge in [-0.05, 0) is 85.1 Å². The minimum Gasteiger partial charge on any atom is -0.497 e. The first-order valence-electron chi connectivity index (χ1n) is 14.8. The highest BCUT2D eigenvalue weighted by molar-refractivity contribution is 9.10. The number of methoxy groups -OCH3 is 1. The number of carbonyl (C=O) groups excluding carboxylic acids is 2. The lowest BCUT2D eigenvalue weighted by Crippen LogP contribution is -2.54. The lowest BCUT2D eigenvalue weighted by atomic mass is 10.0. The first-order valence-corrected chi connectivity index (χ1v) is 17.1. The van der Waals surface area contributed by atoms with Crippen molar-refractivity contribution in [1.82, 2.24) is 10.2 Å². The number of carbonyl (C=O) groups is 2. The van der Waals surface area contributed by atoms with Crippen LogP contribution in [0.25, 0.3) is 0 Å². The van der Waals surface area contributed by atoms with Gasteiger partial charge < -0.3 is 15.0 Å². The normalized spacial score (nSPS) is 12.5. The molecule has 0 aliphatic heterocycles. The molecule has 0 heterocycles. The molecule has 2 unspecified atom stereocenters. The Hall–Kier alpha value is -4.22. The minimum atomic E-state index is -4.33. The molecule has 4 aromatic rings. The fourth-order valence-electron chi connectivity index (χ4n) is 4.79. The van der Waals surface area contributed by atoms with Crippen molar-refractivity contribution in [3.63, 3.8) is 0 Å². The number of amides is 2. The molecule has 0 aliphatic carbocycles. The van der Waals surface area contributed by atoms with Gasteiger partial charge in [-0.1, -0.05) is 65.3 Å². The number of nitrogens with zero attached hydrogens (tertiary/aromatic N) is 2. The standard InChI is InChI=1S/C35H37BrFN3O5S/c1-4-25(2)38-35(42)33(22-26-8-6-5-7-9-26)39(23-27-10-12-28(36)13-11-27)34(41)24-40(30-16-14-29(37)15-17-30)46(43,44)32-20-18-31(45-3)19-21-32/h5-21,25,33H,4,22-24H2,1-3H3,(H,38,42). The number of hydrogen-bond donors (Lipinski definition) is 1. The highest BCUT2D eigenvalue weighted by atomic mass is 79.9. The maximum atomic E-state index is 14.5. The quantitative estimate of drug-likeness (QED) is 0.165. The van der Waals surface area contributed by atoms with Crippen molar-refractivity contribution in [1.29, 1.82) is 0 Å². The Kier molecular flexibility index (Phi) is 11.9. The number of sulfonamides is 1. The van der Waals surface area contributed by atoms with Crippen LogP contribution in [-0.4, -0.2) is 50.9 Å². The monoisotopic (exact) mass is 709 g/mol. The molecule has 4 rings (SSSR count). The van der Waals surface area contributed by atoms with Crippen LogP contribution < -0.4 is 14.4 Å². The van der Waals surface area contributed by atoms with Gasteiger partial charge in [0.25, 0.3) is 10.0 Å². The third-order valence-electron chi connectivity index (χ3n) is 7.58. The molecule has 0 radical (unpaired) electrons. The van der Waals surface area contributed by atoms with Gasteiger partial charge in [0.2, 0.25) is 11.8 Å². The van der Waals surface area contributed by atoms with Gasteiger partial charge in [-0.2, -0.15) is 0 Å². The van der Waals surface area contributed by atoms with E-state index < -0.39 is 34.3 Å². The van der Waals surface area contributed by atoms with Gasteiger partial charge >= 0.3 is 0 Å². The van der Waals surface area contributed by atoms with Crippen LogP contribution in [0, 0.1) is 5.82 Å². The van der Waals surface area contributed by atoms with E-state index in [0.717, 1.165) is 32.0 Å². The molecule has 0 spiro atoms. The number of rotatable bonds is 14. The molecule has 0 aliphatic rings. The topological polar surface area (TPSA) is 96.0 Å². The molecule has 2 amide bonds. The van der Waals surface area contributed by atoms with E-state index in [0.29, 0.717) is 12.2 Å². The Labute approximate surface area is 278 Å². The maximum Gasteiger partial charge on any atom is 0.264 e. The summed E-state index contributed by atoms with van der Waals surface area (Å²) in [6, 6.07) is 26.2. The Bertz CT molecular complexity index is 1700. The van der Waals surface area contributed by atoms with Crippen LogP contribution in [0.2, 0.25) is 0 Å². The molecule has 0 bridgehead atoms. The second kappa shape index (κ2) is 15.9. The predicted octanol–water partition coefficient (Wildman–Crippen LogP) is 6.35. The Balaban J connectivity index is 1.80. The number of benzene rings is 4. The highest BCUT2D eigenvalue weighted by Crippen LogP contribution is 2.27. The molecule has 8 nitrogen and oxygen atoms in total. The predicted molar refractivity (Wildman–Crippen MR) is 180 cm³/mol. The Morgan fingerprint density at radius 1 is 0.891 bits per heavy atom. The summed E-state index contributed by atoms with van der Waals surface area (Å²) in [7, 11) is -2.86. The minimum absolute atomic E-state index is 0.0391. The highest BCUT2D eigenvalue weighted by Gasteiger charge is 2.35. The van der Waals surface area contributed by atoms with Gasteiger partial charge in [-0.15, -0.1) is 0 Å². The Morgan fingerprint density at radius 3 is 2.11 bits per heavy atom. The van der Waals surface area contributed by atoms with Crippen LogP contribution in [0.5, 0.6) is 5.75 Å². The van der Waals surface area contributed by atoms with E-state index in [1.54, 1.807) is 0 Å². The van der Waals surface area contributed by atoms with Gasteiger partial charge in [0.15, 0.2) is 0 Å². The summed E-state index contributed by atoms with van der Waals surface area (Å²) in [4.78, 5) is 29.7. The molecule has 0 saturated carbocycles. The zero-order valence-electron chi connectivity index (χ0n) is 25.9.